The molecule has 1 aromatic rings. The molecular formula is C27H41F5O6. The van der Waals surface area contributed by atoms with Gasteiger partial charge >= 0.3 is 5.97 Å². The fourth-order valence-corrected chi connectivity index (χ4v) is 3.45. The molecule has 0 bridgehead atoms. The predicted octanol–water partition coefficient (Wildman–Crippen LogP) is 6.66. The zero-order valence-corrected chi connectivity index (χ0v) is 22.3. The average molecular weight is 557 g/mol. The van der Waals surface area contributed by atoms with Crippen molar-refractivity contribution >= 4 is 5.97 Å². The average Bonchev–Trinajstić information content (AvgIpc) is 2.91. The van der Waals surface area contributed by atoms with Crippen molar-refractivity contribution in [1.82, 2.24) is 0 Å². The molecule has 0 radical (unpaired) electrons. The zero-order chi connectivity index (χ0) is 28.0. The number of halogens is 5. The van der Waals surface area contributed by atoms with Gasteiger partial charge < -0.3 is 23.7 Å². The van der Waals surface area contributed by atoms with E-state index in [2.05, 4.69) is 11.7 Å². The van der Waals surface area contributed by atoms with Crippen LogP contribution < -0.4 is 4.74 Å². The number of ether oxygens (including phenoxy) is 5. The molecule has 1 aromatic carbocycles. The van der Waals surface area contributed by atoms with Crippen LogP contribution in [0.25, 0.3) is 0 Å². The van der Waals surface area contributed by atoms with Crippen LogP contribution >= 0.6 is 0 Å². The van der Waals surface area contributed by atoms with E-state index in [-0.39, 0.29) is 19.8 Å². The van der Waals surface area contributed by atoms with Gasteiger partial charge in [-0.1, -0.05) is 64.7 Å². The van der Waals surface area contributed by atoms with Crippen molar-refractivity contribution in [2.45, 2.75) is 77.6 Å². The molecule has 0 saturated carbocycles. The van der Waals surface area contributed by atoms with Crippen molar-refractivity contribution in [2.75, 3.05) is 52.9 Å². The Bertz CT molecular complexity index is 752. The lowest BCUT2D eigenvalue weighted by molar-refractivity contribution is -0.136. The fourth-order valence-electron chi connectivity index (χ4n) is 3.45. The smallest absolute Gasteiger partial charge is 0.313 e. The number of hydrogen-bond donors (Lipinski definition) is 0. The minimum Gasteiger partial charge on any atom is -0.420 e. The van der Waals surface area contributed by atoms with E-state index < -0.39 is 47.2 Å². The van der Waals surface area contributed by atoms with Crippen LogP contribution in [0.4, 0.5) is 22.0 Å². The molecule has 0 saturated heterocycles. The highest BCUT2D eigenvalue weighted by Gasteiger charge is 2.28. The lowest BCUT2D eigenvalue weighted by atomic mass is 10.1. The number of carbonyl (C=O) groups excluding carboxylic acids is 1. The molecule has 220 valence electrons. The normalized spacial score (nSPS) is 11.3. The van der Waals surface area contributed by atoms with Crippen LogP contribution in [0, 0.1) is 29.1 Å². The quantitative estimate of drug-likeness (QED) is 0.0354. The van der Waals surface area contributed by atoms with E-state index in [1.54, 1.807) is 0 Å². The van der Waals surface area contributed by atoms with E-state index >= 15 is 0 Å². The van der Waals surface area contributed by atoms with E-state index in [1.165, 1.54) is 57.8 Å². The van der Waals surface area contributed by atoms with Gasteiger partial charge in [0.2, 0.25) is 34.8 Å². The second-order valence-corrected chi connectivity index (χ2v) is 8.75. The predicted molar refractivity (Wildman–Crippen MR) is 132 cm³/mol. The molecule has 0 fully saturated rings. The lowest BCUT2D eigenvalue weighted by Gasteiger charge is -2.09. The van der Waals surface area contributed by atoms with Gasteiger partial charge in [-0.3, -0.25) is 4.79 Å². The molecule has 0 aromatic heterocycles. The van der Waals surface area contributed by atoms with Gasteiger partial charge in [0.1, 0.15) is 0 Å². The van der Waals surface area contributed by atoms with Gasteiger partial charge in [0.15, 0.2) is 0 Å². The molecule has 0 N–H and O–H groups in total. The third-order valence-electron chi connectivity index (χ3n) is 5.59. The van der Waals surface area contributed by atoms with Crippen LogP contribution in [0.5, 0.6) is 5.75 Å². The van der Waals surface area contributed by atoms with Crippen LogP contribution in [0.15, 0.2) is 0 Å². The standard InChI is InChI=1S/C27H41F5O6/c1-2-3-4-5-6-7-8-9-10-11-13-34-15-17-36-19-20-37-18-16-35-14-12-21(33)38-27-25(31)23(29)22(28)24(30)26(27)32/h2-20H2,1H3. The molecule has 0 amide bonds. The summed E-state index contributed by atoms with van der Waals surface area (Å²) < 4.78 is 91.8. The molecule has 0 unspecified atom stereocenters. The minimum absolute atomic E-state index is 0.123. The molecule has 38 heavy (non-hydrogen) atoms. The maximum absolute atomic E-state index is 13.5. The van der Waals surface area contributed by atoms with E-state index in [9.17, 15) is 26.7 Å². The monoisotopic (exact) mass is 556 g/mol. The first kappa shape index (κ1) is 34.2. The Morgan fingerprint density at radius 2 is 0.868 bits per heavy atom. The van der Waals surface area contributed by atoms with Crippen molar-refractivity contribution in [1.29, 1.82) is 0 Å². The molecule has 6 nitrogen and oxygen atoms in total. The first-order valence-corrected chi connectivity index (χ1v) is 13.4. The first-order chi connectivity index (χ1) is 18.4. The Morgan fingerprint density at radius 1 is 0.500 bits per heavy atom. The summed E-state index contributed by atoms with van der Waals surface area (Å²) in [5.74, 6) is -14.0. The highest BCUT2D eigenvalue weighted by atomic mass is 19.2. The molecule has 1 rings (SSSR count). The number of hydrogen-bond acceptors (Lipinski definition) is 6. The van der Waals surface area contributed by atoms with Gasteiger partial charge in [0.25, 0.3) is 0 Å². The molecule has 11 heteroatoms. The second kappa shape index (κ2) is 22.0. The molecule has 0 spiro atoms. The number of esters is 1. The van der Waals surface area contributed by atoms with Gasteiger partial charge in [0.05, 0.1) is 52.7 Å². The van der Waals surface area contributed by atoms with E-state index in [1.807, 2.05) is 0 Å². The topological polar surface area (TPSA) is 63.2 Å². The molecular weight excluding hydrogens is 515 g/mol. The van der Waals surface area contributed by atoms with Gasteiger partial charge in [0, 0.05) is 6.61 Å². The largest absolute Gasteiger partial charge is 0.420 e. The molecule has 0 atom stereocenters. The van der Waals surface area contributed by atoms with Gasteiger partial charge in [-0.05, 0) is 6.42 Å². The zero-order valence-electron chi connectivity index (χ0n) is 22.3. The van der Waals surface area contributed by atoms with Gasteiger partial charge in [-0.25, -0.2) is 13.2 Å². The summed E-state index contributed by atoms with van der Waals surface area (Å²) in [4.78, 5) is 11.6. The summed E-state index contributed by atoms with van der Waals surface area (Å²) in [6, 6.07) is 0. The van der Waals surface area contributed by atoms with Crippen molar-refractivity contribution in [3.63, 3.8) is 0 Å². The van der Waals surface area contributed by atoms with Crippen LogP contribution in [0.1, 0.15) is 77.6 Å². The maximum atomic E-state index is 13.5. The Morgan fingerprint density at radius 3 is 1.34 bits per heavy atom. The number of unbranched alkanes of at least 4 members (excludes halogenated alkanes) is 9. The molecule has 0 aliphatic heterocycles. The van der Waals surface area contributed by atoms with E-state index in [0.717, 1.165) is 13.0 Å². The van der Waals surface area contributed by atoms with Crippen molar-refractivity contribution in [2.24, 2.45) is 0 Å². The Labute approximate surface area is 222 Å². The summed E-state index contributed by atoms with van der Waals surface area (Å²) >= 11 is 0. The summed E-state index contributed by atoms with van der Waals surface area (Å²) in [6.45, 7) is 4.84. The van der Waals surface area contributed by atoms with Crippen LogP contribution in [0.3, 0.4) is 0 Å². The third kappa shape index (κ3) is 14.9. The Hall–Kier alpha value is -1.82. The van der Waals surface area contributed by atoms with Crippen molar-refractivity contribution in [3.8, 4) is 5.75 Å². The summed E-state index contributed by atoms with van der Waals surface area (Å²) in [7, 11) is 0. The number of rotatable bonds is 24. The van der Waals surface area contributed by atoms with Crippen LogP contribution in [-0.4, -0.2) is 58.8 Å². The summed E-state index contributed by atoms with van der Waals surface area (Å²) in [5, 5.41) is 0. The first-order valence-electron chi connectivity index (χ1n) is 13.4. The summed E-state index contributed by atoms with van der Waals surface area (Å²) in [6.07, 6.45) is 12.4. The summed E-state index contributed by atoms with van der Waals surface area (Å²) in [5.41, 5.74) is 0. The highest BCUT2D eigenvalue weighted by molar-refractivity contribution is 5.72. The Balaban J connectivity index is 1.88. The maximum Gasteiger partial charge on any atom is 0.313 e. The number of benzene rings is 1. The number of carbonyl (C=O) groups is 1. The Kier molecular flexibility index (Phi) is 19.8. The lowest BCUT2D eigenvalue weighted by Crippen LogP contribution is -2.16. The van der Waals surface area contributed by atoms with Gasteiger partial charge in [-0.2, -0.15) is 8.78 Å². The van der Waals surface area contributed by atoms with Crippen LogP contribution in [-0.2, 0) is 23.7 Å². The molecule has 0 heterocycles. The van der Waals surface area contributed by atoms with Crippen molar-refractivity contribution < 1.29 is 50.4 Å². The molecule has 0 aliphatic rings. The minimum atomic E-state index is -2.33. The van der Waals surface area contributed by atoms with Crippen LogP contribution in [0.2, 0.25) is 0 Å². The van der Waals surface area contributed by atoms with Gasteiger partial charge in [-0.15, -0.1) is 0 Å². The third-order valence-corrected chi connectivity index (χ3v) is 5.59. The van der Waals surface area contributed by atoms with E-state index in [4.69, 9.17) is 18.9 Å². The van der Waals surface area contributed by atoms with Crippen molar-refractivity contribution in [3.05, 3.63) is 29.1 Å². The SMILES string of the molecule is CCCCCCCCCCCCOCCOCCOCCOCCC(=O)Oc1c(F)c(F)c(F)c(F)c1F. The fraction of sp³-hybridized carbons (Fsp3) is 0.741. The highest BCUT2D eigenvalue weighted by Crippen LogP contribution is 2.29. The molecule has 0 aliphatic carbocycles. The van der Waals surface area contributed by atoms with E-state index in [0.29, 0.717) is 26.4 Å². The second-order valence-electron chi connectivity index (χ2n) is 8.75.